The largest absolute Gasteiger partial charge is 0.381 e. The summed E-state index contributed by atoms with van der Waals surface area (Å²) in [5, 5.41) is 0.740. The Bertz CT molecular complexity index is 398. The van der Waals surface area contributed by atoms with Crippen molar-refractivity contribution in [2.24, 2.45) is 5.92 Å². The third-order valence-corrected chi connectivity index (χ3v) is 5.23. The first-order valence-electron chi connectivity index (χ1n) is 6.66. The Morgan fingerprint density at radius 2 is 1.84 bits per heavy atom. The van der Waals surface area contributed by atoms with E-state index < -0.39 is 0 Å². The second kappa shape index (κ2) is 7.17. The van der Waals surface area contributed by atoms with Crippen molar-refractivity contribution in [2.75, 3.05) is 25.0 Å². The van der Waals surface area contributed by atoms with Crippen molar-refractivity contribution in [1.29, 1.82) is 0 Å². The topological polar surface area (TPSA) is 9.23 Å². The molecule has 1 heterocycles. The third kappa shape index (κ3) is 3.78. The molecule has 0 spiro atoms. The molecule has 2 rings (SSSR count). The van der Waals surface area contributed by atoms with Gasteiger partial charge < -0.3 is 4.74 Å². The van der Waals surface area contributed by atoms with E-state index in [1.54, 1.807) is 0 Å². The molecule has 0 bridgehead atoms. The average molecular weight is 322 g/mol. The van der Waals surface area contributed by atoms with Crippen molar-refractivity contribution in [3.8, 4) is 0 Å². The minimum absolute atomic E-state index is 0.185. The molecule has 0 saturated carbocycles. The van der Waals surface area contributed by atoms with Gasteiger partial charge in [-0.2, -0.15) is 0 Å². The van der Waals surface area contributed by atoms with Gasteiger partial charge in [-0.3, -0.25) is 0 Å². The molecule has 1 aliphatic heterocycles. The van der Waals surface area contributed by atoms with Gasteiger partial charge in [0.2, 0.25) is 0 Å². The maximum atomic E-state index is 6.27. The number of ether oxygens (including phenoxy) is 1. The summed E-state index contributed by atoms with van der Waals surface area (Å²) in [7, 11) is 0. The van der Waals surface area contributed by atoms with Crippen LogP contribution in [0.3, 0.4) is 0 Å². The summed E-state index contributed by atoms with van der Waals surface area (Å²) < 4.78 is 5.42. The number of hydrogen-bond acceptors (Lipinski definition) is 1. The molecule has 19 heavy (non-hydrogen) atoms. The molecule has 4 heteroatoms. The van der Waals surface area contributed by atoms with Crippen LogP contribution in [0.1, 0.15) is 24.8 Å². The summed E-state index contributed by atoms with van der Waals surface area (Å²) in [6.45, 7) is 1.70. The monoisotopic (exact) mass is 320 g/mol. The van der Waals surface area contributed by atoms with E-state index in [0.29, 0.717) is 17.7 Å². The van der Waals surface area contributed by atoms with E-state index in [2.05, 4.69) is 6.07 Å². The first-order chi connectivity index (χ1) is 9.20. The van der Waals surface area contributed by atoms with Gasteiger partial charge in [0.1, 0.15) is 0 Å². The van der Waals surface area contributed by atoms with Crippen LogP contribution in [0.4, 0.5) is 0 Å². The van der Waals surface area contributed by atoms with E-state index in [1.165, 1.54) is 0 Å². The Balaban J connectivity index is 2.20. The van der Waals surface area contributed by atoms with Gasteiger partial charge in [0.25, 0.3) is 0 Å². The summed E-state index contributed by atoms with van der Waals surface area (Å²) >= 11 is 18.6. The second-order valence-corrected chi connectivity index (χ2v) is 6.29. The molecule has 1 aromatic carbocycles. The van der Waals surface area contributed by atoms with Gasteiger partial charge >= 0.3 is 0 Å². The molecule has 1 fully saturated rings. The predicted molar refractivity (Wildman–Crippen MR) is 82.7 cm³/mol. The standard InChI is InChI=1S/C15H19Cl3O/c16-10-15(11-17,9-12-4-6-19-7-5-12)13-2-1-3-14(18)8-13/h1-3,8,12H,4-7,9-11H2. The van der Waals surface area contributed by atoms with Crippen molar-refractivity contribution in [1.82, 2.24) is 0 Å². The maximum Gasteiger partial charge on any atom is 0.0468 e. The molecular formula is C15H19Cl3O. The van der Waals surface area contributed by atoms with E-state index in [0.717, 1.165) is 43.1 Å². The molecule has 0 radical (unpaired) electrons. The molecule has 0 unspecified atom stereocenters. The van der Waals surface area contributed by atoms with Crippen LogP contribution in [0.5, 0.6) is 0 Å². The third-order valence-electron chi connectivity index (χ3n) is 3.97. The molecule has 1 aromatic rings. The lowest BCUT2D eigenvalue weighted by atomic mass is 9.75. The zero-order valence-electron chi connectivity index (χ0n) is 10.9. The van der Waals surface area contributed by atoms with Crippen molar-refractivity contribution in [2.45, 2.75) is 24.7 Å². The summed E-state index contributed by atoms with van der Waals surface area (Å²) in [6.07, 6.45) is 3.19. The fourth-order valence-electron chi connectivity index (χ4n) is 2.74. The zero-order valence-corrected chi connectivity index (χ0v) is 13.1. The number of halogens is 3. The number of benzene rings is 1. The van der Waals surface area contributed by atoms with Crippen molar-refractivity contribution >= 4 is 34.8 Å². The van der Waals surface area contributed by atoms with Crippen LogP contribution in [0.25, 0.3) is 0 Å². The van der Waals surface area contributed by atoms with Gasteiger partial charge in [0.15, 0.2) is 0 Å². The lowest BCUT2D eigenvalue weighted by molar-refractivity contribution is 0.0581. The van der Waals surface area contributed by atoms with Crippen LogP contribution in [0, 0.1) is 5.92 Å². The number of hydrogen-bond donors (Lipinski definition) is 0. The lowest BCUT2D eigenvalue weighted by Crippen LogP contribution is -2.35. The van der Waals surface area contributed by atoms with Crippen LogP contribution in [0.2, 0.25) is 5.02 Å². The Labute approximate surface area is 130 Å². The smallest absolute Gasteiger partial charge is 0.0468 e. The molecule has 106 valence electrons. The highest BCUT2D eigenvalue weighted by atomic mass is 35.5. The molecular weight excluding hydrogens is 303 g/mol. The van der Waals surface area contributed by atoms with Crippen LogP contribution >= 0.6 is 34.8 Å². The number of rotatable bonds is 5. The first-order valence-corrected chi connectivity index (χ1v) is 8.10. The van der Waals surface area contributed by atoms with Gasteiger partial charge in [-0.1, -0.05) is 23.7 Å². The summed E-state index contributed by atoms with van der Waals surface area (Å²) in [4.78, 5) is 0. The van der Waals surface area contributed by atoms with E-state index in [1.807, 2.05) is 18.2 Å². The van der Waals surface area contributed by atoms with Crippen LogP contribution < -0.4 is 0 Å². The number of alkyl halides is 2. The quantitative estimate of drug-likeness (QED) is 0.703. The highest BCUT2D eigenvalue weighted by Crippen LogP contribution is 2.38. The normalized spacial score (nSPS) is 17.6. The fraction of sp³-hybridized carbons (Fsp3) is 0.600. The summed E-state index contributed by atoms with van der Waals surface area (Å²) in [5.74, 6) is 1.67. The molecule has 0 atom stereocenters. The minimum Gasteiger partial charge on any atom is -0.381 e. The molecule has 0 amide bonds. The van der Waals surface area contributed by atoms with Crippen molar-refractivity contribution in [3.63, 3.8) is 0 Å². The molecule has 1 aliphatic rings. The van der Waals surface area contributed by atoms with Gasteiger partial charge in [-0.05, 0) is 42.9 Å². The predicted octanol–water partition coefficient (Wildman–Crippen LogP) is 4.87. The molecule has 0 aromatic heterocycles. The van der Waals surface area contributed by atoms with Gasteiger partial charge in [-0.15, -0.1) is 23.2 Å². The van der Waals surface area contributed by atoms with Crippen LogP contribution in [0.15, 0.2) is 24.3 Å². The Morgan fingerprint density at radius 3 is 2.42 bits per heavy atom. The highest BCUT2D eigenvalue weighted by molar-refractivity contribution is 6.30. The van der Waals surface area contributed by atoms with Gasteiger partial charge in [-0.25, -0.2) is 0 Å². The van der Waals surface area contributed by atoms with E-state index in [-0.39, 0.29) is 5.41 Å². The first kappa shape index (κ1) is 15.4. The minimum atomic E-state index is -0.185. The van der Waals surface area contributed by atoms with Crippen LogP contribution in [-0.2, 0) is 10.2 Å². The van der Waals surface area contributed by atoms with E-state index in [4.69, 9.17) is 39.5 Å². The molecule has 0 N–H and O–H groups in total. The zero-order chi connectivity index (χ0) is 13.7. The van der Waals surface area contributed by atoms with Crippen molar-refractivity contribution in [3.05, 3.63) is 34.9 Å². The van der Waals surface area contributed by atoms with Crippen LogP contribution in [-0.4, -0.2) is 25.0 Å². The molecule has 1 saturated heterocycles. The van der Waals surface area contributed by atoms with Gasteiger partial charge in [0, 0.05) is 35.4 Å². The lowest BCUT2D eigenvalue weighted by Gasteiger charge is -2.35. The second-order valence-electron chi connectivity index (χ2n) is 5.32. The van der Waals surface area contributed by atoms with E-state index >= 15 is 0 Å². The van der Waals surface area contributed by atoms with Crippen molar-refractivity contribution < 1.29 is 4.74 Å². The Kier molecular flexibility index (Phi) is 5.83. The maximum absolute atomic E-state index is 6.27. The fourth-order valence-corrected chi connectivity index (χ4v) is 3.74. The summed E-state index contributed by atoms with van der Waals surface area (Å²) in [6, 6.07) is 7.92. The average Bonchev–Trinajstić information content (AvgIpc) is 2.46. The Morgan fingerprint density at radius 1 is 1.16 bits per heavy atom. The Hall–Kier alpha value is 0.0500. The molecule has 1 nitrogen and oxygen atoms in total. The van der Waals surface area contributed by atoms with E-state index in [9.17, 15) is 0 Å². The molecule has 0 aliphatic carbocycles. The highest BCUT2D eigenvalue weighted by Gasteiger charge is 2.34. The SMILES string of the molecule is ClCC(CCl)(CC1CCOCC1)c1cccc(Cl)c1. The summed E-state index contributed by atoms with van der Waals surface area (Å²) in [5.41, 5.74) is 0.965. The van der Waals surface area contributed by atoms with Gasteiger partial charge in [0.05, 0.1) is 0 Å².